The first-order valence-electron chi connectivity index (χ1n) is 5.79. The molecule has 4 heteroatoms. The number of para-hydroxylation sites is 1. The number of carbonyl (C=O) groups is 1. The normalized spacial score (nSPS) is 20.2. The fourth-order valence-corrected chi connectivity index (χ4v) is 2.57. The zero-order valence-electron chi connectivity index (χ0n) is 10.2. The number of nitrogens with one attached hydrogen (secondary N) is 1. The molecule has 1 aromatic rings. The summed E-state index contributed by atoms with van der Waals surface area (Å²) in [5.74, 6) is 0.176. The zero-order valence-corrected chi connectivity index (χ0v) is 11.8. The van der Waals surface area contributed by atoms with Gasteiger partial charge in [0.05, 0.1) is 5.69 Å². The Hall–Kier alpha value is -0.870. The Morgan fingerprint density at radius 2 is 2.06 bits per heavy atom. The monoisotopic (exact) mass is 296 g/mol. The van der Waals surface area contributed by atoms with Crippen molar-refractivity contribution in [1.82, 2.24) is 5.32 Å². The van der Waals surface area contributed by atoms with Crippen LogP contribution in [0.4, 0.5) is 5.69 Å². The average molecular weight is 297 g/mol. The molecule has 92 valence electrons. The highest BCUT2D eigenvalue weighted by Gasteiger charge is 2.29. The van der Waals surface area contributed by atoms with E-state index in [-0.39, 0.29) is 11.4 Å². The Balaban J connectivity index is 2.35. The number of benzene rings is 1. The molecule has 17 heavy (non-hydrogen) atoms. The zero-order chi connectivity index (χ0) is 12.5. The molecule has 1 amide bonds. The highest BCUT2D eigenvalue weighted by Crippen LogP contribution is 2.28. The van der Waals surface area contributed by atoms with E-state index in [2.05, 4.69) is 35.1 Å². The molecule has 0 unspecified atom stereocenters. The van der Waals surface area contributed by atoms with Gasteiger partial charge >= 0.3 is 0 Å². The summed E-state index contributed by atoms with van der Waals surface area (Å²) in [6, 6.07) is 7.86. The Labute approximate surface area is 110 Å². The van der Waals surface area contributed by atoms with Gasteiger partial charge in [0.15, 0.2) is 0 Å². The predicted octanol–water partition coefficient (Wildman–Crippen LogP) is 2.55. The van der Waals surface area contributed by atoms with E-state index in [1.807, 2.05) is 29.2 Å². The molecule has 0 atom stereocenters. The molecular formula is C13H17BrN2O. The third kappa shape index (κ3) is 2.87. The minimum Gasteiger partial charge on any atom is -0.310 e. The summed E-state index contributed by atoms with van der Waals surface area (Å²) in [6.07, 6.45) is 0.546. The summed E-state index contributed by atoms with van der Waals surface area (Å²) in [7, 11) is 0. The first kappa shape index (κ1) is 12.6. The number of carbonyl (C=O) groups excluding carboxylic acids is 1. The highest BCUT2D eigenvalue weighted by atomic mass is 79.9. The lowest BCUT2D eigenvalue weighted by molar-refractivity contribution is -0.118. The second-order valence-electron chi connectivity index (χ2n) is 4.99. The summed E-state index contributed by atoms with van der Waals surface area (Å²) in [4.78, 5) is 14.0. The van der Waals surface area contributed by atoms with Crippen LogP contribution in [0.5, 0.6) is 0 Å². The number of rotatable bonds is 1. The number of hydrogen-bond acceptors (Lipinski definition) is 2. The molecule has 2 rings (SSSR count). The van der Waals surface area contributed by atoms with Crippen molar-refractivity contribution in [3.63, 3.8) is 0 Å². The first-order valence-corrected chi connectivity index (χ1v) is 6.59. The summed E-state index contributed by atoms with van der Waals surface area (Å²) in [5, 5.41) is 3.39. The Morgan fingerprint density at radius 3 is 2.76 bits per heavy atom. The van der Waals surface area contributed by atoms with Gasteiger partial charge in [0, 0.05) is 29.5 Å². The highest BCUT2D eigenvalue weighted by molar-refractivity contribution is 9.10. The Bertz CT molecular complexity index is 431. The van der Waals surface area contributed by atoms with E-state index in [0.717, 1.165) is 16.7 Å². The fourth-order valence-electron chi connectivity index (χ4n) is 2.07. The number of hydrogen-bond donors (Lipinski definition) is 1. The third-order valence-electron chi connectivity index (χ3n) is 2.94. The lowest BCUT2D eigenvalue weighted by Gasteiger charge is -2.30. The second-order valence-corrected chi connectivity index (χ2v) is 5.85. The standard InChI is InChI=1S/C13H17BrN2O/c1-13(2)9-16(12(17)7-8-15-13)11-6-4-3-5-10(11)14/h3-6,15H,7-9H2,1-2H3. The van der Waals surface area contributed by atoms with Gasteiger partial charge in [-0.2, -0.15) is 0 Å². The van der Waals surface area contributed by atoms with Crippen molar-refractivity contribution in [3.05, 3.63) is 28.7 Å². The summed E-state index contributed by atoms with van der Waals surface area (Å²) in [5.41, 5.74) is 0.899. The van der Waals surface area contributed by atoms with Crippen molar-refractivity contribution in [2.75, 3.05) is 18.0 Å². The molecule has 0 aromatic heterocycles. The molecular weight excluding hydrogens is 280 g/mol. The predicted molar refractivity (Wildman–Crippen MR) is 73.2 cm³/mol. The fraction of sp³-hybridized carbons (Fsp3) is 0.462. The summed E-state index contributed by atoms with van der Waals surface area (Å²) in [6.45, 7) is 5.67. The molecule has 0 saturated carbocycles. The van der Waals surface area contributed by atoms with Crippen LogP contribution in [0.3, 0.4) is 0 Å². The molecule has 1 saturated heterocycles. The number of nitrogens with zero attached hydrogens (tertiary/aromatic N) is 1. The van der Waals surface area contributed by atoms with Gasteiger partial charge in [0.25, 0.3) is 0 Å². The van der Waals surface area contributed by atoms with E-state index in [1.54, 1.807) is 0 Å². The maximum atomic E-state index is 12.1. The van der Waals surface area contributed by atoms with E-state index in [4.69, 9.17) is 0 Å². The van der Waals surface area contributed by atoms with Crippen LogP contribution in [-0.4, -0.2) is 24.5 Å². The molecule has 0 spiro atoms. The van der Waals surface area contributed by atoms with Gasteiger partial charge in [0.2, 0.25) is 5.91 Å². The molecule has 0 bridgehead atoms. The van der Waals surface area contributed by atoms with E-state index in [1.165, 1.54) is 0 Å². The average Bonchev–Trinajstić information content (AvgIpc) is 2.38. The van der Waals surface area contributed by atoms with Crippen molar-refractivity contribution in [2.24, 2.45) is 0 Å². The topological polar surface area (TPSA) is 32.3 Å². The summed E-state index contributed by atoms with van der Waals surface area (Å²) < 4.78 is 0.964. The van der Waals surface area contributed by atoms with E-state index in [0.29, 0.717) is 13.0 Å². The van der Waals surface area contributed by atoms with E-state index >= 15 is 0 Å². The van der Waals surface area contributed by atoms with Crippen LogP contribution in [0.25, 0.3) is 0 Å². The van der Waals surface area contributed by atoms with Gasteiger partial charge in [-0.3, -0.25) is 4.79 Å². The third-order valence-corrected chi connectivity index (χ3v) is 3.61. The van der Waals surface area contributed by atoms with Crippen molar-refractivity contribution < 1.29 is 4.79 Å². The van der Waals surface area contributed by atoms with Gasteiger partial charge < -0.3 is 10.2 Å². The molecule has 3 nitrogen and oxygen atoms in total. The SMILES string of the molecule is CC1(C)CN(c2ccccc2Br)C(=O)CCN1. The smallest absolute Gasteiger partial charge is 0.228 e. The van der Waals surface area contributed by atoms with Crippen LogP contribution in [0.1, 0.15) is 20.3 Å². The minimum absolute atomic E-state index is 0.0541. The van der Waals surface area contributed by atoms with Crippen LogP contribution in [0.2, 0.25) is 0 Å². The van der Waals surface area contributed by atoms with Crippen molar-refractivity contribution in [1.29, 1.82) is 0 Å². The maximum absolute atomic E-state index is 12.1. The minimum atomic E-state index is -0.0541. The van der Waals surface area contributed by atoms with Gasteiger partial charge in [-0.15, -0.1) is 0 Å². The molecule has 0 aliphatic carbocycles. The molecule has 1 heterocycles. The van der Waals surface area contributed by atoms with Gasteiger partial charge in [-0.05, 0) is 41.9 Å². The largest absolute Gasteiger partial charge is 0.310 e. The maximum Gasteiger partial charge on any atom is 0.228 e. The van der Waals surface area contributed by atoms with E-state index < -0.39 is 0 Å². The molecule has 0 radical (unpaired) electrons. The number of anilines is 1. The van der Waals surface area contributed by atoms with Crippen molar-refractivity contribution >= 4 is 27.5 Å². The molecule has 1 aromatic carbocycles. The van der Waals surface area contributed by atoms with Crippen molar-refractivity contribution in [2.45, 2.75) is 25.8 Å². The second kappa shape index (κ2) is 4.78. The molecule has 1 fully saturated rings. The van der Waals surface area contributed by atoms with Crippen LogP contribution in [0, 0.1) is 0 Å². The van der Waals surface area contributed by atoms with Crippen LogP contribution >= 0.6 is 15.9 Å². The number of halogens is 1. The van der Waals surface area contributed by atoms with E-state index in [9.17, 15) is 4.79 Å². The van der Waals surface area contributed by atoms with Gasteiger partial charge in [-0.25, -0.2) is 0 Å². The van der Waals surface area contributed by atoms with Crippen molar-refractivity contribution in [3.8, 4) is 0 Å². The van der Waals surface area contributed by atoms with Gasteiger partial charge in [0.1, 0.15) is 0 Å². The quantitative estimate of drug-likeness (QED) is 0.864. The lowest BCUT2D eigenvalue weighted by atomic mass is 10.1. The van der Waals surface area contributed by atoms with Crippen LogP contribution < -0.4 is 10.2 Å². The lowest BCUT2D eigenvalue weighted by Crippen LogP contribution is -2.47. The number of amides is 1. The summed E-state index contributed by atoms with van der Waals surface area (Å²) >= 11 is 3.51. The molecule has 1 N–H and O–H groups in total. The van der Waals surface area contributed by atoms with Gasteiger partial charge in [-0.1, -0.05) is 12.1 Å². The Morgan fingerprint density at radius 1 is 1.35 bits per heavy atom. The molecule has 1 aliphatic rings. The van der Waals surface area contributed by atoms with Crippen LogP contribution in [0.15, 0.2) is 28.7 Å². The Kier molecular flexibility index (Phi) is 3.54. The molecule has 1 aliphatic heterocycles. The van der Waals surface area contributed by atoms with Crippen LogP contribution in [-0.2, 0) is 4.79 Å². The first-order chi connectivity index (χ1) is 7.99.